The zero-order chi connectivity index (χ0) is 7.98. The van der Waals surface area contributed by atoms with E-state index in [1.165, 1.54) is 0 Å². The highest BCUT2D eigenvalue weighted by Crippen LogP contribution is 2.03. The summed E-state index contributed by atoms with van der Waals surface area (Å²) in [6.07, 6.45) is 5.73. The first-order chi connectivity index (χ1) is 4.68. The maximum Gasteiger partial charge on any atom is 0.155 e. The summed E-state index contributed by atoms with van der Waals surface area (Å²) in [6.45, 7) is 7.16. The van der Waals surface area contributed by atoms with Crippen LogP contribution in [-0.2, 0) is 4.79 Å². The fourth-order valence-corrected chi connectivity index (χ4v) is 0.600. The molecular weight excluding hydrogens is 124 g/mol. The molecule has 0 spiro atoms. The Balaban J connectivity index is 3.50. The van der Waals surface area contributed by atoms with E-state index in [-0.39, 0.29) is 5.78 Å². The SMILES string of the molecule is C=C(CCC=CC)C(C)=O. The van der Waals surface area contributed by atoms with Crippen LogP contribution in [0.15, 0.2) is 24.3 Å². The van der Waals surface area contributed by atoms with E-state index in [1.54, 1.807) is 6.92 Å². The van der Waals surface area contributed by atoms with Crippen LogP contribution < -0.4 is 0 Å². The van der Waals surface area contributed by atoms with Crippen molar-refractivity contribution in [2.24, 2.45) is 0 Å². The number of hydrogen-bond acceptors (Lipinski definition) is 1. The molecule has 0 saturated carbocycles. The molecule has 0 aliphatic heterocycles. The van der Waals surface area contributed by atoms with E-state index in [1.807, 2.05) is 19.1 Å². The van der Waals surface area contributed by atoms with E-state index in [4.69, 9.17) is 0 Å². The first kappa shape index (κ1) is 9.15. The van der Waals surface area contributed by atoms with Crippen molar-refractivity contribution in [1.29, 1.82) is 0 Å². The van der Waals surface area contributed by atoms with Gasteiger partial charge in [-0.25, -0.2) is 0 Å². The van der Waals surface area contributed by atoms with Gasteiger partial charge in [0, 0.05) is 0 Å². The molecule has 0 aromatic heterocycles. The highest BCUT2D eigenvalue weighted by Gasteiger charge is 1.96. The molecule has 0 bridgehead atoms. The van der Waals surface area contributed by atoms with Gasteiger partial charge in [-0.05, 0) is 32.3 Å². The summed E-state index contributed by atoms with van der Waals surface area (Å²) in [5.74, 6) is 0.101. The number of ketones is 1. The maximum atomic E-state index is 10.6. The van der Waals surface area contributed by atoms with Gasteiger partial charge in [0.05, 0.1) is 0 Å². The number of allylic oxidation sites excluding steroid dienone is 3. The van der Waals surface area contributed by atoms with Gasteiger partial charge in [-0.15, -0.1) is 0 Å². The predicted molar refractivity (Wildman–Crippen MR) is 43.9 cm³/mol. The molecule has 0 N–H and O–H groups in total. The monoisotopic (exact) mass is 138 g/mol. The van der Waals surface area contributed by atoms with Crippen molar-refractivity contribution in [2.45, 2.75) is 26.7 Å². The summed E-state index contributed by atoms with van der Waals surface area (Å²) >= 11 is 0. The number of Topliss-reactive ketones (excluding diaryl/α,β-unsaturated/α-hetero) is 1. The van der Waals surface area contributed by atoms with Crippen LogP contribution in [0.4, 0.5) is 0 Å². The van der Waals surface area contributed by atoms with E-state index in [0.29, 0.717) is 0 Å². The molecule has 0 amide bonds. The Morgan fingerprint density at radius 1 is 1.60 bits per heavy atom. The average Bonchev–Trinajstić information content (AvgIpc) is 1.88. The van der Waals surface area contributed by atoms with Crippen molar-refractivity contribution < 1.29 is 4.79 Å². The third-order valence-electron chi connectivity index (χ3n) is 1.35. The van der Waals surface area contributed by atoms with Crippen molar-refractivity contribution in [3.05, 3.63) is 24.3 Å². The minimum absolute atomic E-state index is 0.101. The van der Waals surface area contributed by atoms with Gasteiger partial charge in [0.1, 0.15) is 0 Å². The van der Waals surface area contributed by atoms with E-state index in [0.717, 1.165) is 18.4 Å². The van der Waals surface area contributed by atoms with Crippen LogP contribution in [0.25, 0.3) is 0 Å². The lowest BCUT2D eigenvalue weighted by molar-refractivity contribution is -0.113. The second-order valence-electron chi connectivity index (χ2n) is 2.27. The Bertz CT molecular complexity index is 154. The largest absolute Gasteiger partial charge is 0.295 e. The molecule has 0 fully saturated rings. The summed E-state index contributed by atoms with van der Waals surface area (Å²) in [5, 5.41) is 0. The Morgan fingerprint density at radius 2 is 2.20 bits per heavy atom. The van der Waals surface area contributed by atoms with Gasteiger partial charge < -0.3 is 0 Å². The highest BCUT2D eigenvalue weighted by atomic mass is 16.1. The van der Waals surface area contributed by atoms with Gasteiger partial charge in [-0.1, -0.05) is 18.7 Å². The van der Waals surface area contributed by atoms with E-state index < -0.39 is 0 Å². The summed E-state index contributed by atoms with van der Waals surface area (Å²) in [7, 11) is 0. The molecule has 56 valence electrons. The van der Waals surface area contributed by atoms with Crippen LogP contribution in [0, 0.1) is 0 Å². The Morgan fingerprint density at radius 3 is 2.60 bits per heavy atom. The first-order valence-electron chi connectivity index (χ1n) is 3.48. The fourth-order valence-electron chi connectivity index (χ4n) is 0.600. The minimum atomic E-state index is 0.101. The van der Waals surface area contributed by atoms with Gasteiger partial charge in [-0.3, -0.25) is 4.79 Å². The molecule has 1 heteroatoms. The third-order valence-corrected chi connectivity index (χ3v) is 1.35. The van der Waals surface area contributed by atoms with Gasteiger partial charge in [0.15, 0.2) is 5.78 Å². The molecule has 0 aliphatic rings. The smallest absolute Gasteiger partial charge is 0.155 e. The Labute approximate surface area is 62.4 Å². The summed E-state index contributed by atoms with van der Waals surface area (Å²) in [4.78, 5) is 10.6. The molecule has 0 atom stereocenters. The van der Waals surface area contributed by atoms with Crippen LogP contribution in [0.1, 0.15) is 26.7 Å². The standard InChI is InChI=1S/C9H14O/c1-4-5-6-7-8(2)9(3)10/h4-5H,2,6-7H2,1,3H3. The Hall–Kier alpha value is -0.850. The van der Waals surface area contributed by atoms with Crippen LogP contribution in [-0.4, -0.2) is 5.78 Å². The molecule has 0 heterocycles. The summed E-state index contributed by atoms with van der Waals surface area (Å²) in [5.41, 5.74) is 0.720. The Kier molecular flexibility index (Phi) is 4.55. The molecule has 0 radical (unpaired) electrons. The predicted octanol–water partition coefficient (Wildman–Crippen LogP) is 2.49. The minimum Gasteiger partial charge on any atom is -0.295 e. The van der Waals surface area contributed by atoms with E-state index in [2.05, 4.69) is 6.58 Å². The molecule has 0 aromatic carbocycles. The number of hydrogen-bond donors (Lipinski definition) is 0. The van der Waals surface area contributed by atoms with Gasteiger partial charge >= 0.3 is 0 Å². The lowest BCUT2D eigenvalue weighted by atomic mass is 10.1. The van der Waals surface area contributed by atoms with Crippen molar-refractivity contribution in [3.8, 4) is 0 Å². The van der Waals surface area contributed by atoms with Crippen LogP contribution in [0.2, 0.25) is 0 Å². The molecule has 0 rings (SSSR count). The van der Waals surface area contributed by atoms with Crippen molar-refractivity contribution in [1.82, 2.24) is 0 Å². The number of rotatable bonds is 4. The molecule has 0 aliphatic carbocycles. The summed E-state index contributed by atoms with van der Waals surface area (Å²) in [6, 6.07) is 0. The zero-order valence-electron chi connectivity index (χ0n) is 6.68. The second kappa shape index (κ2) is 4.98. The van der Waals surface area contributed by atoms with E-state index >= 15 is 0 Å². The average molecular weight is 138 g/mol. The molecule has 0 saturated heterocycles. The number of carbonyl (C=O) groups is 1. The zero-order valence-corrected chi connectivity index (χ0v) is 6.68. The molecule has 1 nitrogen and oxygen atoms in total. The van der Waals surface area contributed by atoms with Gasteiger partial charge in [0.2, 0.25) is 0 Å². The van der Waals surface area contributed by atoms with E-state index in [9.17, 15) is 4.79 Å². The van der Waals surface area contributed by atoms with Gasteiger partial charge in [-0.2, -0.15) is 0 Å². The molecule has 0 unspecified atom stereocenters. The topological polar surface area (TPSA) is 17.1 Å². The van der Waals surface area contributed by atoms with Gasteiger partial charge in [0.25, 0.3) is 0 Å². The quantitative estimate of drug-likeness (QED) is 0.431. The highest BCUT2D eigenvalue weighted by molar-refractivity contribution is 5.92. The van der Waals surface area contributed by atoms with Crippen molar-refractivity contribution in [2.75, 3.05) is 0 Å². The summed E-state index contributed by atoms with van der Waals surface area (Å²) < 4.78 is 0. The van der Waals surface area contributed by atoms with Crippen LogP contribution in [0.5, 0.6) is 0 Å². The molecule has 0 aromatic rings. The first-order valence-corrected chi connectivity index (χ1v) is 3.48. The fraction of sp³-hybridized carbons (Fsp3) is 0.444. The molecule has 10 heavy (non-hydrogen) atoms. The third kappa shape index (κ3) is 4.07. The lowest BCUT2D eigenvalue weighted by Gasteiger charge is -1.95. The second-order valence-corrected chi connectivity index (χ2v) is 2.27. The van der Waals surface area contributed by atoms with Crippen LogP contribution in [0.3, 0.4) is 0 Å². The lowest BCUT2D eigenvalue weighted by Crippen LogP contribution is -1.93. The number of carbonyl (C=O) groups excluding carboxylic acids is 1. The van der Waals surface area contributed by atoms with Crippen LogP contribution >= 0.6 is 0 Å². The molecular formula is C9H14O. The maximum absolute atomic E-state index is 10.6. The van der Waals surface area contributed by atoms with Crippen molar-refractivity contribution >= 4 is 5.78 Å². The normalized spacial score (nSPS) is 10.2. The van der Waals surface area contributed by atoms with Crippen molar-refractivity contribution in [3.63, 3.8) is 0 Å².